The molecule has 10 nitrogen and oxygen atoms in total. The van der Waals surface area contributed by atoms with E-state index in [-0.39, 0.29) is 12.5 Å². The number of thioether (sulfide) groups is 1. The predicted molar refractivity (Wildman–Crippen MR) is 125 cm³/mol. The lowest BCUT2D eigenvalue weighted by Gasteiger charge is -2.10. The average Bonchev–Trinajstić information content (AvgIpc) is 3.39. The van der Waals surface area contributed by atoms with Gasteiger partial charge in [0.1, 0.15) is 12.4 Å². The molecule has 0 radical (unpaired) electrons. The number of methoxy groups -OCH3 is 1. The monoisotopic (exact) mass is 454 g/mol. The molecule has 0 aliphatic heterocycles. The van der Waals surface area contributed by atoms with Crippen LogP contribution in [0.15, 0.2) is 41.9 Å². The normalized spacial score (nSPS) is 11.3. The van der Waals surface area contributed by atoms with Crippen molar-refractivity contribution in [2.24, 2.45) is 0 Å². The highest BCUT2D eigenvalue weighted by molar-refractivity contribution is 7.99. The van der Waals surface area contributed by atoms with E-state index >= 15 is 0 Å². The van der Waals surface area contributed by atoms with Gasteiger partial charge in [0.15, 0.2) is 10.8 Å². The van der Waals surface area contributed by atoms with E-state index in [0.717, 1.165) is 33.6 Å². The maximum absolute atomic E-state index is 12.4. The SMILES string of the molecule is CCSc1nc(NCCOC)c2cnn(CCNC(=O)Cn3cnc4ccccc43)c2n1. The molecule has 0 unspecified atom stereocenters. The summed E-state index contributed by atoms with van der Waals surface area (Å²) in [6, 6.07) is 7.75. The first-order valence-electron chi connectivity index (χ1n) is 10.4. The summed E-state index contributed by atoms with van der Waals surface area (Å²) in [4.78, 5) is 26.0. The number of hydrogen-bond donors (Lipinski definition) is 2. The van der Waals surface area contributed by atoms with Gasteiger partial charge in [0.25, 0.3) is 0 Å². The van der Waals surface area contributed by atoms with E-state index in [1.165, 1.54) is 0 Å². The third-order valence-electron chi connectivity index (χ3n) is 4.83. The van der Waals surface area contributed by atoms with Gasteiger partial charge >= 0.3 is 0 Å². The first kappa shape index (κ1) is 22.0. The number of anilines is 1. The Hall–Kier alpha value is -3.18. The fourth-order valence-corrected chi connectivity index (χ4v) is 3.91. The number of hydrogen-bond acceptors (Lipinski definition) is 8. The first-order chi connectivity index (χ1) is 15.7. The van der Waals surface area contributed by atoms with Crippen LogP contribution in [0.2, 0.25) is 0 Å². The topological polar surface area (TPSA) is 112 Å². The lowest BCUT2D eigenvalue weighted by atomic mass is 10.3. The molecule has 3 aromatic heterocycles. The Labute approximate surface area is 189 Å². The second kappa shape index (κ2) is 10.4. The average molecular weight is 455 g/mol. The second-order valence-electron chi connectivity index (χ2n) is 7.02. The molecule has 4 aromatic rings. The van der Waals surface area contributed by atoms with Gasteiger partial charge < -0.3 is 19.9 Å². The summed E-state index contributed by atoms with van der Waals surface area (Å²) in [6.45, 7) is 4.44. The minimum absolute atomic E-state index is 0.0802. The summed E-state index contributed by atoms with van der Waals surface area (Å²) in [5.74, 6) is 1.53. The van der Waals surface area contributed by atoms with Gasteiger partial charge in [-0.15, -0.1) is 0 Å². The fourth-order valence-electron chi connectivity index (χ4n) is 3.35. The lowest BCUT2D eigenvalue weighted by molar-refractivity contribution is -0.121. The van der Waals surface area contributed by atoms with Gasteiger partial charge in [0.05, 0.1) is 42.1 Å². The molecule has 0 bridgehead atoms. The van der Waals surface area contributed by atoms with Crippen LogP contribution in [-0.4, -0.2) is 67.8 Å². The van der Waals surface area contributed by atoms with Crippen molar-refractivity contribution in [2.45, 2.75) is 25.2 Å². The van der Waals surface area contributed by atoms with Crippen molar-refractivity contribution in [3.8, 4) is 0 Å². The Kier molecular flexibility index (Phi) is 7.17. The summed E-state index contributed by atoms with van der Waals surface area (Å²) < 4.78 is 8.75. The first-order valence-corrected chi connectivity index (χ1v) is 11.4. The molecule has 2 N–H and O–H groups in total. The number of imidazole rings is 1. The number of nitrogens with zero attached hydrogens (tertiary/aromatic N) is 6. The van der Waals surface area contributed by atoms with Gasteiger partial charge in [-0.2, -0.15) is 5.10 Å². The van der Waals surface area contributed by atoms with Crippen molar-refractivity contribution in [3.63, 3.8) is 0 Å². The molecule has 0 saturated heterocycles. The number of fused-ring (bicyclic) bond motifs is 2. The lowest BCUT2D eigenvalue weighted by Crippen LogP contribution is -2.30. The molecule has 168 valence electrons. The quantitative estimate of drug-likeness (QED) is 0.201. The van der Waals surface area contributed by atoms with Gasteiger partial charge in [-0.05, 0) is 17.9 Å². The zero-order chi connectivity index (χ0) is 22.3. The van der Waals surface area contributed by atoms with Gasteiger partial charge in [-0.3, -0.25) is 4.79 Å². The van der Waals surface area contributed by atoms with Crippen LogP contribution in [0, 0.1) is 0 Å². The summed E-state index contributed by atoms with van der Waals surface area (Å²) in [5.41, 5.74) is 2.55. The van der Waals surface area contributed by atoms with Crippen molar-refractivity contribution in [1.82, 2.24) is 34.6 Å². The molecule has 3 heterocycles. The molecule has 0 saturated carbocycles. The van der Waals surface area contributed by atoms with Crippen LogP contribution >= 0.6 is 11.8 Å². The summed E-state index contributed by atoms with van der Waals surface area (Å²) in [7, 11) is 1.66. The maximum Gasteiger partial charge on any atom is 0.240 e. The standard InChI is InChI=1S/C21H26N8O2S/c1-3-32-21-26-19(23-9-11-31-2)15-12-25-29(20(15)27-21)10-8-22-18(30)13-28-14-24-16-6-4-5-7-17(16)28/h4-7,12,14H,3,8-11,13H2,1-2H3,(H,22,30)(H,23,26,27). The molecule has 0 atom stereocenters. The Morgan fingerprint density at radius 3 is 2.94 bits per heavy atom. The van der Waals surface area contributed by atoms with Crippen LogP contribution in [0.4, 0.5) is 5.82 Å². The zero-order valence-electron chi connectivity index (χ0n) is 18.1. The van der Waals surface area contributed by atoms with E-state index in [1.54, 1.807) is 36.1 Å². The zero-order valence-corrected chi connectivity index (χ0v) is 18.9. The number of para-hydroxylation sites is 2. The van der Waals surface area contributed by atoms with Crippen molar-refractivity contribution in [2.75, 3.05) is 37.9 Å². The molecule has 0 aliphatic carbocycles. The fraction of sp³-hybridized carbons (Fsp3) is 0.381. The number of aromatic nitrogens is 6. The molecule has 0 spiro atoms. The molecule has 4 rings (SSSR count). The third-order valence-corrected chi connectivity index (χ3v) is 5.56. The largest absolute Gasteiger partial charge is 0.383 e. The number of nitrogens with one attached hydrogen (secondary N) is 2. The van der Waals surface area contributed by atoms with Crippen molar-refractivity contribution < 1.29 is 9.53 Å². The second-order valence-corrected chi connectivity index (χ2v) is 8.25. The minimum atomic E-state index is -0.0802. The van der Waals surface area contributed by atoms with Gasteiger partial charge in [-0.1, -0.05) is 30.8 Å². The van der Waals surface area contributed by atoms with E-state index in [1.807, 2.05) is 28.8 Å². The molecule has 0 aliphatic rings. The highest BCUT2D eigenvalue weighted by Crippen LogP contribution is 2.24. The van der Waals surface area contributed by atoms with E-state index in [9.17, 15) is 4.79 Å². The van der Waals surface area contributed by atoms with Gasteiger partial charge in [0.2, 0.25) is 5.91 Å². The highest BCUT2D eigenvalue weighted by atomic mass is 32.2. The predicted octanol–water partition coefficient (Wildman–Crippen LogP) is 2.16. The number of benzene rings is 1. The van der Waals surface area contributed by atoms with Crippen LogP contribution < -0.4 is 10.6 Å². The minimum Gasteiger partial charge on any atom is -0.383 e. The van der Waals surface area contributed by atoms with Gasteiger partial charge in [0, 0.05) is 20.2 Å². The summed E-state index contributed by atoms with van der Waals surface area (Å²) >= 11 is 1.57. The molecule has 0 fully saturated rings. The van der Waals surface area contributed by atoms with Crippen LogP contribution in [0.1, 0.15) is 6.92 Å². The number of rotatable bonds is 11. The molecule has 1 aromatic carbocycles. The van der Waals surface area contributed by atoms with E-state index in [0.29, 0.717) is 31.4 Å². The number of carbonyl (C=O) groups is 1. The van der Waals surface area contributed by atoms with Crippen LogP contribution in [0.3, 0.4) is 0 Å². The van der Waals surface area contributed by atoms with Crippen LogP contribution in [0.25, 0.3) is 22.1 Å². The number of carbonyl (C=O) groups excluding carboxylic acids is 1. The van der Waals surface area contributed by atoms with Crippen LogP contribution in [0.5, 0.6) is 0 Å². The molecule has 11 heteroatoms. The Balaban J connectivity index is 1.41. The Morgan fingerprint density at radius 2 is 2.09 bits per heavy atom. The molecule has 1 amide bonds. The highest BCUT2D eigenvalue weighted by Gasteiger charge is 2.13. The molecule has 32 heavy (non-hydrogen) atoms. The number of amides is 1. The van der Waals surface area contributed by atoms with Crippen molar-refractivity contribution in [1.29, 1.82) is 0 Å². The Morgan fingerprint density at radius 1 is 1.22 bits per heavy atom. The summed E-state index contributed by atoms with van der Waals surface area (Å²) in [5, 5.41) is 12.3. The smallest absolute Gasteiger partial charge is 0.240 e. The van der Waals surface area contributed by atoms with E-state index < -0.39 is 0 Å². The maximum atomic E-state index is 12.4. The van der Waals surface area contributed by atoms with Crippen molar-refractivity contribution >= 4 is 45.6 Å². The van der Waals surface area contributed by atoms with E-state index in [2.05, 4.69) is 37.6 Å². The molecular formula is C21H26N8O2S. The van der Waals surface area contributed by atoms with E-state index in [4.69, 9.17) is 4.74 Å². The van der Waals surface area contributed by atoms with Gasteiger partial charge in [-0.25, -0.2) is 19.6 Å². The molecular weight excluding hydrogens is 428 g/mol. The van der Waals surface area contributed by atoms with Crippen molar-refractivity contribution in [3.05, 3.63) is 36.8 Å². The number of ether oxygens (including phenoxy) is 1. The third kappa shape index (κ3) is 5.00. The van der Waals surface area contributed by atoms with Crippen LogP contribution in [-0.2, 0) is 22.6 Å². The summed E-state index contributed by atoms with van der Waals surface area (Å²) in [6.07, 6.45) is 3.44. The Bertz CT molecular complexity index is 1210.